The number of hydrogen-bond acceptors (Lipinski definition) is 2. The summed E-state index contributed by atoms with van der Waals surface area (Å²) < 4.78 is 5.36. The van der Waals surface area contributed by atoms with Gasteiger partial charge in [-0.25, -0.2) is 4.79 Å². The van der Waals surface area contributed by atoms with Gasteiger partial charge in [-0.2, -0.15) is 0 Å². The number of carbonyl (C=O) groups excluding carboxylic acids is 1. The zero-order valence-electron chi connectivity index (χ0n) is 10.7. The predicted molar refractivity (Wildman–Crippen MR) is 68.9 cm³/mol. The molecule has 1 radical (unpaired) electrons. The van der Waals surface area contributed by atoms with Gasteiger partial charge in [0.2, 0.25) is 0 Å². The topological polar surface area (TPSA) is 26.3 Å². The number of esters is 1. The van der Waals surface area contributed by atoms with E-state index < -0.39 is 0 Å². The van der Waals surface area contributed by atoms with Crippen LogP contribution in [0, 0.1) is 6.07 Å². The molecular formula is C15H21O2. The molecule has 2 heteroatoms. The summed E-state index contributed by atoms with van der Waals surface area (Å²) >= 11 is 0. The molecule has 0 aromatic heterocycles. The molecule has 1 atom stereocenters. The largest absolute Gasteiger partial charge is 0.459 e. The van der Waals surface area contributed by atoms with Crippen LogP contribution in [0.4, 0.5) is 0 Å². The molecule has 0 fully saturated rings. The average molecular weight is 233 g/mol. The van der Waals surface area contributed by atoms with Crippen molar-refractivity contribution in [3.05, 3.63) is 35.9 Å². The van der Waals surface area contributed by atoms with Crippen molar-refractivity contribution < 1.29 is 9.53 Å². The maximum Gasteiger partial charge on any atom is 0.338 e. The first-order valence-electron chi connectivity index (χ1n) is 6.41. The minimum Gasteiger partial charge on any atom is -0.459 e. The van der Waals surface area contributed by atoms with Gasteiger partial charge in [0.1, 0.15) is 0 Å². The average Bonchev–Trinajstić information content (AvgIpc) is 2.36. The monoisotopic (exact) mass is 233 g/mol. The first kappa shape index (κ1) is 13.8. The van der Waals surface area contributed by atoms with Crippen LogP contribution in [0.2, 0.25) is 0 Å². The normalized spacial score (nSPS) is 12.1. The third kappa shape index (κ3) is 5.53. The Morgan fingerprint density at radius 3 is 2.65 bits per heavy atom. The summed E-state index contributed by atoms with van der Waals surface area (Å²) in [6.07, 6.45) is 5.79. The summed E-state index contributed by atoms with van der Waals surface area (Å²) in [6.45, 7) is 4.15. The first-order chi connectivity index (χ1) is 8.24. The second kappa shape index (κ2) is 7.88. The van der Waals surface area contributed by atoms with Crippen LogP contribution in [0.25, 0.3) is 0 Å². The molecule has 0 bridgehead atoms. The van der Waals surface area contributed by atoms with E-state index in [2.05, 4.69) is 13.0 Å². The highest BCUT2D eigenvalue weighted by Gasteiger charge is 2.10. The number of unbranched alkanes of at least 4 members (excludes halogenated alkanes) is 3. The van der Waals surface area contributed by atoms with Crippen LogP contribution in [0.3, 0.4) is 0 Å². The molecule has 0 N–H and O–H groups in total. The van der Waals surface area contributed by atoms with E-state index in [1.807, 2.05) is 6.92 Å². The third-order valence-corrected chi connectivity index (χ3v) is 2.73. The summed E-state index contributed by atoms with van der Waals surface area (Å²) in [4.78, 5) is 11.7. The highest BCUT2D eigenvalue weighted by atomic mass is 16.5. The van der Waals surface area contributed by atoms with E-state index in [-0.39, 0.29) is 12.1 Å². The molecule has 0 saturated carbocycles. The molecule has 17 heavy (non-hydrogen) atoms. The fourth-order valence-corrected chi connectivity index (χ4v) is 1.69. The number of carbonyl (C=O) groups is 1. The molecule has 1 aromatic rings. The van der Waals surface area contributed by atoms with Gasteiger partial charge in [-0.15, -0.1) is 0 Å². The lowest BCUT2D eigenvalue weighted by Gasteiger charge is -2.12. The lowest BCUT2D eigenvalue weighted by molar-refractivity contribution is 0.0319. The quantitative estimate of drug-likeness (QED) is 0.525. The van der Waals surface area contributed by atoms with E-state index in [9.17, 15) is 4.79 Å². The van der Waals surface area contributed by atoms with E-state index >= 15 is 0 Å². The fraction of sp³-hybridized carbons (Fsp3) is 0.533. The standard InChI is InChI=1S/C15H21O2/c1-3-4-5-7-10-13(2)17-15(16)14-11-8-6-9-12-14/h8-9,11-13H,3-5,7,10H2,1-2H3/t13-/m1/s1. The Labute approximate surface area is 104 Å². The number of benzene rings is 1. The van der Waals surface area contributed by atoms with Crippen LogP contribution in [-0.2, 0) is 4.74 Å². The summed E-state index contributed by atoms with van der Waals surface area (Å²) in [6, 6.07) is 9.79. The Hall–Kier alpha value is -1.31. The number of hydrogen-bond donors (Lipinski definition) is 0. The molecule has 1 rings (SSSR count). The molecule has 0 aliphatic rings. The van der Waals surface area contributed by atoms with Gasteiger partial charge in [-0.1, -0.05) is 38.3 Å². The molecule has 2 nitrogen and oxygen atoms in total. The fourth-order valence-electron chi connectivity index (χ4n) is 1.69. The SMILES string of the molecule is CCCCCC[C@@H](C)OC(=O)c1cc[c]cc1. The smallest absolute Gasteiger partial charge is 0.338 e. The number of rotatable bonds is 7. The number of ether oxygens (including phenoxy) is 1. The minimum atomic E-state index is -0.234. The first-order valence-corrected chi connectivity index (χ1v) is 6.41. The van der Waals surface area contributed by atoms with Crippen molar-refractivity contribution in [2.24, 2.45) is 0 Å². The molecule has 0 aliphatic carbocycles. The maximum atomic E-state index is 11.7. The molecule has 0 spiro atoms. The van der Waals surface area contributed by atoms with E-state index in [4.69, 9.17) is 4.74 Å². The van der Waals surface area contributed by atoms with Crippen LogP contribution >= 0.6 is 0 Å². The van der Waals surface area contributed by atoms with E-state index in [1.165, 1.54) is 19.3 Å². The zero-order chi connectivity index (χ0) is 12.5. The Kier molecular flexibility index (Phi) is 6.38. The predicted octanol–water partition coefficient (Wildman–Crippen LogP) is 4.00. The third-order valence-electron chi connectivity index (χ3n) is 2.73. The lowest BCUT2D eigenvalue weighted by Crippen LogP contribution is -2.14. The molecule has 0 heterocycles. The molecule has 1 aromatic carbocycles. The van der Waals surface area contributed by atoms with Crippen molar-refractivity contribution in [3.8, 4) is 0 Å². The van der Waals surface area contributed by atoms with Crippen LogP contribution in [0.5, 0.6) is 0 Å². The Balaban J connectivity index is 2.26. The van der Waals surface area contributed by atoms with Crippen molar-refractivity contribution in [3.63, 3.8) is 0 Å². The summed E-state index contributed by atoms with van der Waals surface area (Å²) in [5.41, 5.74) is 0.601. The molecular weight excluding hydrogens is 212 g/mol. The minimum absolute atomic E-state index is 0.00328. The van der Waals surface area contributed by atoms with Crippen molar-refractivity contribution in [1.29, 1.82) is 0 Å². The van der Waals surface area contributed by atoms with E-state index in [1.54, 1.807) is 24.3 Å². The van der Waals surface area contributed by atoms with Crippen molar-refractivity contribution >= 4 is 5.97 Å². The van der Waals surface area contributed by atoms with Crippen LogP contribution in [-0.4, -0.2) is 12.1 Å². The highest BCUT2D eigenvalue weighted by Crippen LogP contribution is 2.10. The van der Waals surface area contributed by atoms with Gasteiger partial charge < -0.3 is 4.74 Å². The van der Waals surface area contributed by atoms with Gasteiger partial charge in [0.15, 0.2) is 0 Å². The zero-order valence-corrected chi connectivity index (χ0v) is 10.7. The van der Waals surface area contributed by atoms with E-state index in [0.717, 1.165) is 12.8 Å². The molecule has 0 aliphatic heterocycles. The molecule has 0 saturated heterocycles. The summed E-state index contributed by atoms with van der Waals surface area (Å²) in [7, 11) is 0. The molecule has 0 amide bonds. The Morgan fingerprint density at radius 2 is 2.00 bits per heavy atom. The van der Waals surface area contributed by atoms with Gasteiger partial charge in [-0.3, -0.25) is 0 Å². The van der Waals surface area contributed by atoms with Crippen LogP contribution in [0.15, 0.2) is 24.3 Å². The van der Waals surface area contributed by atoms with Gasteiger partial charge in [-0.05, 0) is 38.0 Å². The maximum absolute atomic E-state index is 11.7. The van der Waals surface area contributed by atoms with Gasteiger partial charge in [0, 0.05) is 0 Å². The summed E-state index contributed by atoms with van der Waals surface area (Å²) in [5.74, 6) is -0.234. The van der Waals surface area contributed by atoms with Gasteiger partial charge in [0.05, 0.1) is 11.7 Å². The highest BCUT2D eigenvalue weighted by molar-refractivity contribution is 5.89. The van der Waals surface area contributed by atoms with Crippen LogP contribution < -0.4 is 0 Å². The lowest BCUT2D eigenvalue weighted by atomic mass is 10.1. The van der Waals surface area contributed by atoms with Crippen molar-refractivity contribution in [1.82, 2.24) is 0 Å². The Bertz CT molecular complexity index is 319. The van der Waals surface area contributed by atoms with Crippen LogP contribution in [0.1, 0.15) is 56.3 Å². The summed E-state index contributed by atoms with van der Waals surface area (Å²) in [5, 5.41) is 0. The van der Waals surface area contributed by atoms with Crippen molar-refractivity contribution in [2.75, 3.05) is 0 Å². The molecule has 93 valence electrons. The second-order valence-electron chi connectivity index (χ2n) is 4.35. The van der Waals surface area contributed by atoms with E-state index in [0.29, 0.717) is 5.56 Å². The molecule has 0 unspecified atom stereocenters. The van der Waals surface area contributed by atoms with Gasteiger partial charge in [0.25, 0.3) is 0 Å². The van der Waals surface area contributed by atoms with Gasteiger partial charge >= 0.3 is 5.97 Å². The second-order valence-corrected chi connectivity index (χ2v) is 4.35. The van der Waals surface area contributed by atoms with Crippen molar-refractivity contribution in [2.45, 2.75) is 52.1 Å². The Morgan fingerprint density at radius 1 is 1.29 bits per heavy atom.